The maximum absolute atomic E-state index is 12.1. The Balaban J connectivity index is 1.45. The van der Waals surface area contributed by atoms with Gasteiger partial charge in [0.1, 0.15) is 25.0 Å². The van der Waals surface area contributed by atoms with Gasteiger partial charge in [0.15, 0.2) is 11.5 Å². The predicted octanol–water partition coefficient (Wildman–Crippen LogP) is 4.42. The Bertz CT molecular complexity index is 1080. The molecule has 1 aromatic heterocycles. The van der Waals surface area contributed by atoms with Gasteiger partial charge >= 0.3 is 5.97 Å². The molecular formula is C22H18ClNO5. The number of carbonyl (C=O) groups excluding carboxylic acids is 1. The zero-order valence-electron chi connectivity index (χ0n) is 15.7. The van der Waals surface area contributed by atoms with Crippen molar-refractivity contribution in [2.24, 2.45) is 0 Å². The number of nitrogens with zero attached hydrogens (tertiary/aromatic N) is 1. The van der Waals surface area contributed by atoms with Crippen LogP contribution in [0.5, 0.6) is 17.2 Å². The summed E-state index contributed by atoms with van der Waals surface area (Å²) in [5.74, 6) is 1.20. The highest BCUT2D eigenvalue weighted by Crippen LogP contribution is 2.40. The number of carbonyl (C=O) groups is 1. The summed E-state index contributed by atoms with van der Waals surface area (Å²) in [5.41, 5.74) is 2.17. The third-order valence-electron chi connectivity index (χ3n) is 4.38. The van der Waals surface area contributed by atoms with Gasteiger partial charge in [-0.25, -0.2) is 9.78 Å². The smallest absolute Gasteiger partial charge is 0.331 e. The summed E-state index contributed by atoms with van der Waals surface area (Å²) in [5, 5.41) is 1.25. The van der Waals surface area contributed by atoms with Crippen LogP contribution in [-0.2, 0) is 16.1 Å². The van der Waals surface area contributed by atoms with Gasteiger partial charge < -0.3 is 18.9 Å². The zero-order valence-corrected chi connectivity index (χ0v) is 16.4. The average molecular weight is 412 g/mol. The molecule has 7 heteroatoms. The summed E-state index contributed by atoms with van der Waals surface area (Å²) in [6.45, 7) is 0.966. The van der Waals surface area contributed by atoms with Gasteiger partial charge in [0, 0.05) is 17.0 Å². The predicted molar refractivity (Wildman–Crippen MR) is 110 cm³/mol. The quantitative estimate of drug-likeness (QED) is 0.351. The van der Waals surface area contributed by atoms with E-state index in [1.54, 1.807) is 25.3 Å². The summed E-state index contributed by atoms with van der Waals surface area (Å²) in [7, 11) is 1.55. The summed E-state index contributed by atoms with van der Waals surface area (Å²) in [4.78, 5) is 16.5. The summed E-state index contributed by atoms with van der Waals surface area (Å²) in [6, 6.07) is 13.0. The van der Waals surface area contributed by atoms with E-state index in [9.17, 15) is 4.79 Å². The van der Waals surface area contributed by atoms with E-state index in [2.05, 4.69) is 4.98 Å². The lowest BCUT2D eigenvalue weighted by Crippen LogP contribution is -2.16. The van der Waals surface area contributed by atoms with Crippen molar-refractivity contribution in [3.05, 3.63) is 64.8 Å². The van der Waals surface area contributed by atoms with Gasteiger partial charge in [0.2, 0.25) is 5.75 Å². The molecule has 0 spiro atoms. The lowest BCUT2D eigenvalue weighted by atomic mass is 10.1. The monoisotopic (exact) mass is 411 g/mol. The van der Waals surface area contributed by atoms with E-state index < -0.39 is 5.97 Å². The first-order chi connectivity index (χ1) is 14.1. The molecule has 1 aliphatic heterocycles. The number of hydrogen-bond acceptors (Lipinski definition) is 6. The van der Waals surface area contributed by atoms with Gasteiger partial charge in [-0.1, -0.05) is 29.8 Å². The van der Waals surface area contributed by atoms with Gasteiger partial charge in [-0.15, -0.1) is 0 Å². The number of rotatable bonds is 5. The molecular weight excluding hydrogens is 394 g/mol. The molecule has 2 aromatic carbocycles. The molecule has 0 saturated heterocycles. The number of ether oxygens (including phenoxy) is 4. The first-order valence-corrected chi connectivity index (χ1v) is 9.38. The van der Waals surface area contributed by atoms with Crippen LogP contribution >= 0.6 is 11.6 Å². The van der Waals surface area contributed by atoms with E-state index in [-0.39, 0.29) is 6.61 Å². The number of benzene rings is 2. The van der Waals surface area contributed by atoms with Crippen molar-refractivity contribution in [1.82, 2.24) is 4.98 Å². The maximum Gasteiger partial charge on any atom is 0.331 e. The molecule has 0 bridgehead atoms. The van der Waals surface area contributed by atoms with Crippen molar-refractivity contribution in [3.8, 4) is 17.2 Å². The Kier molecular flexibility index (Phi) is 5.53. The van der Waals surface area contributed by atoms with E-state index in [1.807, 2.05) is 30.3 Å². The van der Waals surface area contributed by atoms with Crippen LogP contribution in [-0.4, -0.2) is 31.3 Å². The van der Waals surface area contributed by atoms with Crippen LogP contribution in [0.25, 0.3) is 17.0 Å². The lowest BCUT2D eigenvalue weighted by Gasteiger charge is -2.20. The SMILES string of the molecule is COc1cc(/C=C/C(=O)OCc2cc3ccccc3nc2Cl)cc2c1OCCO2. The third-order valence-corrected chi connectivity index (χ3v) is 4.71. The number of esters is 1. The van der Waals surface area contributed by atoms with E-state index in [0.717, 1.165) is 16.5 Å². The topological polar surface area (TPSA) is 66.9 Å². The molecule has 0 aliphatic carbocycles. The van der Waals surface area contributed by atoms with Crippen molar-refractivity contribution in [2.75, 3.05) is 20.3 Å². The second kappa shape index (κ2) is 8.41. The van der Waals surface area contributed by atoms with E-state index >= 15 is 0 Å². The average Bonchev–Trinajstić information content (AvgIpc) is 2.75. The van der Waals surface area contributed by atoms with Gasteiger partial charge in [0.25, 0.3) is 0 Å². The van der Waals surface area contributed by atoms with Crippen LogP contribution in [0.1, 0.15) is 11.1 Å². The fourth-order valence-electron chi connectivity index (χ4n) is 2.99. The number of pyridine rings is 1. The molecule has 2 heterocycles. The van der Waals surface area contributed by atoms with E-state index in [0.29, 0.717) is 41.2 Å². The fraction of sp³-hybridized carbons (Fsp3) is 0.182. The maximum atomic E-state index is 12.1. The van der Waals surface area contributed by atoms with E-state index in [1.165, 1.54) is 6.08 Å². The molecule has 0 atom stereocenters. The minimum absolute atomic E-state index is 0.0320. The minimum atomic E-state index is -0.497. The third kappa shape index (κ3) is 4.27. The van der Waals surface area contributed by atoms with Crippen molar-refractivity contribution in [1.29, 1.82) is 0 Å². The molecule has 3 aromatic rings. The van der Waals surface area contributed by atoms with Gasteiger partial charge in [-0.3, -0.25) is 0 Å². The molecule has 0 saturated carbocycles. The largest absolute Gasteiger partial charge is 0.493 e. The number of hydrogen-bond donors (Lipinski definition) is 0. The zero-order chi connectivity index (χ0) is 20.2. The van der Waals surface area contributed by atoms with Crippen molar-refractivity contribution >= 4 is 34.5 Å². The van der Waals surface area contributed by atoms with E-state index in [4.69, 9.17) is 30.5 Å². The number of halogens is 1. The molecule has 0 unspecified atom stereocenters. The minimum Gasteiger partial charge on any atom is -0.493 e. The lowest BCUT2D eigenvalue weighted by molar-refractivity contribution is -0.138. The van der Waals surface area contributed by atoms with Crippen LogP contribution in [0.4, 0.5) is 0 Å². The van der Waals surface area contributed by atoms with Crippen LogP contribution in [0.3, 0.4) is 0 Å². The van der Waals surface area contributed by atoms with Crippen LogP contribution in [0, 0.1) is 0 Å². The molecule has 0 radical (unpaired) electrons. The number of fused-ring (bicyclic) bond motifs is 2. The van der Waals surface area contributed by atoms with Crippen LogP contribution in [0.15, 0.2) is 48.5 Å². The van der Waals surface area contributed by atoms with Crippen molar-refractivity contribution in [3.63, 3.8) is 0 Å². The van der Waals surface area contributed by atoms with Crippen LogP contribution in [0.2, 0.25) is 5.15 Å². The molecule has 0 amide bonds. The first-order valence-electron chi connectivity index (χ1n) is 9.00. The van der Waals surface area contributed by atoms with Gasteiger partial charge in [0.05, 0.1) is 12.6 Å². The van der Waals surface area contributed by atoms with Gasteiger partial charge in [-0.2, -0.15) is 0 Å². The summed E-state index contributed by atoms with van der Waals surface area (Å²) in [6.07, 6.45) is 2.97. The standard InChI is InChI=1S/C22H18ClNO5/c1-26-18-10-14(11-19-21(18)28-9-8-27-19)6-7-20(25)29-13-16-12-15-4-2-3-5-17(15)24-22(16)23/h2-7,10-12H,8-9,13H2,1H3/b7-6+. The number of aromatic nitrogens is 1. The Hall–Kier alpha value is -3.25. The Morgan fingerprint density at radius 2 is 2.03 bits per heavy atom. The molecule has 29 heavy (non-hydrogen) atoms. The second-order valence-corrected chi connectivity index (χ2v) is 6.68. The van der Waals surface area contributed by atoms with Gasteiger partial charge in [-0.05, 0) is 35.9 Å². The Morgan fingerprint density at radius 1 is 1.21 bits per heavy atom. The number of methoxy groups -OCH3 is 1. The number of para-hydroxylation sites is 1. The molecule has 0 fully saturated rings. The molecule has 4 rings (SSSR count). The second-order valence-electron chi connectivity index (χ2n) is 6.32. The summed E-state index contributed by atoms with van der Waals surface area (Å²) >= 11 is 6.20. The Labute approximate surface area is 172 Å². The summed E-state index contributed by atoms with van der Waals surface area (Å²) < 4.78 is 21.8. The Morgan fingerprint density at radius 3 is 2.90 bits per heavy atom. The molecule has 0 N–H and O–H groups in total. The first kappa shape index (κ1) is 19.1. The van der Waals surface area contributed by atoms with Crippen LogP contribution < -0.4 is 14.2 Å². The molecule has 1 aliphatic rings. The highest BCUT2D eigenvalue weighted by Gasteiger charge is 2.18. The molecule has 148 valence electrons. The van der Waals surface area contributed by atoms with Crippen molar-refractivity contribution in [2.45, 2.75) is 6.61 Å². The van der Waals surface area contributed by atoms with Crippen molar-refractivity contribution < 1.29 is 23.7 Å². The fourth-order valence-corrected chi connectivity index (χ4v) is 3.19. The normalized spacial score (nSPS) is 12.9. The highest BCUT2D eigenvalue weighted by atomic mass is 35.5. The molecule has 6 nitrogen and oxygen atoms in total. The highest BCUT2D eigenvalue weighted by molar-refractivity contribution is 6.30.